The van der Waals surface area contributed by atoms with Gasteiger partial charge in [0.1, 0.15) is 5.82 Å². The molecule has 0 bridgehead atoms. The summed E-state index contributed by atoms with van der Waals surface area (Å²) in [6.45, 7) is 2.44. The number of carbonyl (C=O) groups is 2. The van der Waals surface area contributed by atoms with Gasteiger partial charge < -0.3 is 10.2 Å². The Morgan fingerprint density at radius 3 is 2.50 bits per heavy atom. The monoisotopic (exact) mass is 376 g/mol. The molecular weight excluding hydrogens is 355 g/mol. The number of benzene rings is 2. The van der Waals surface area contributed by atoms with E-state index in [-0.39, 0.29) is 23.3 Å². The maximum Gasteiger partial charge on any atom is 0.226 e. The lowest BCUT2D eigenvalue weighted by atomic mass is 10.1. The van der Waals surface area contributed by atoms with Crippen molar-refractivity contribution in [3.8, 4) is 0 Å². The zero-order valence-electron chi connectivity index (χ0n) is 14.7. The van der Waals surface area contributed by atoms with Gasteiger partial charge in [-0.3, -0.25) is 9.59 Å². The normalized spacial score (nSPS) is 10.4. The van der Waals surface area contributed by atoms with Crippen LogP contribution in [0.2, 0.25) is 5.02 Å². The van der Waals surface area contributed by atoms with Gasteiger partial charge in [0.25, 0.3) is 0 Å². The van der Waals surface area contributed by atoms with Crippen LogP contribution in [0.3, 0.4) is 0 Å². The number of nitrogens with one attached hydrogen (secondary N) is 1. The zero-order valence-corrected chi connectivity index (χ0v) is 15.4. The van der Waals surface area contributed by atoms with E-state index in [2.05, 4.69) is 17.4 Å². The number of carbonyl (C=O) groups excluding carboxylic acids is 2. The van der Waals surface area contributed by atoms with Crippen LogP contribution in [-0.2, 0) is 16.0 Å². The minimum absolute atomic E-state index is 0.0472. The molecule has 0 aromatic heterocycles. The lowest BCUT2D eigenvalue weighted by Gasteiger charge is -2.20. The summed E-state index contributed by atoms with van der Waals surface area (Å²) in [6, 6.07) is 14.1. The first-order chi connectivity index (χ1) is 12.5. The third-order valence-electron chi connectivity index (χ3n) is 3.99. The van der Waals surface area contributed by atoms with Crippen molar-refractivity contribution in [2.24, 2.45) is 0 Å². The van der Waals surface area contributed by atoms with Crippen molar-refractivity contribution in [3.05, 3.63) is 64.9 Å². The lowest BCUT2D eigenvalue weighted by Crippen LogP contribution is -2.33. The van der Waals surface area contributed by atoms with E-state index in [1.807, 2.05) is 18.2 Å². The Kier molecular flexibility index (Phi) is 7.60. The maximum atomic E-state index is 13.1. The highest BCUT2D eigenvalue weighted by Gasteiger charge is 2.12. The number of nitrogens with zero attached hydrogens (tertiary/aromatic N) is 1. The average molecular weight is 377 g/mol. The Balaban J connectivity index is 1.78. The first kappa shape index (κ1) is 19.9. The quantitative estimate of drug-likeness (QED) is 0.747. The predicted molar refractivity (Wildman–Crippen MR) is 102 cm³/mol. The largest absolute Gasteiger partial charge is 0.342 e. The van der Waals surface area contributed by atoms with Crippen LogP contribution < -0.4 is 5.32 Å². The molecule has 0 unspecified atom stereocenters. The van der Waals surface area contributed by atoms with Crippen LogP contribution in [-0.4, -0.2) is 29.8 Å². The molecule has 1 N–H and O–H groups in total. The number of anilines is 1. The van der Waals surface area contributed by atoms with Crippen LogP contribution in [0.25, 0.3) is 0 Å². The van der Waals surface area contributed by atoms with Gasteiger partial charge in [0, 0.05) is 32.1 Å². The number of hydrogen-bond donors (Lipinski definition) is 1. The highest BCUT2D eigenvalue weighted by molar-refractivity contribution is 6.31. The van der Waals surface area contributed by atoms with Crippen molar-refractivity contribution in [3.63, 3.8) is 0 Å². The molecular formula is C20H22ClFN2O2. The SMILES string of the molecule is CC(=O)N(CCCc1ccccc1)CCC(=O)Nc1ccc(F)c(Cl)c1. The Morgan fingerprint density at radius 2 is 1.85 bits per heavy atom. The maximum absolute atomic E-state index is 13.1. The molecule has 138 valence electrons. The number of amides is 2. The van der Waals surface area contributed by atoms with Gasteiger partial charge in [-0.2, -0.15) is 0 Å². The molecule has 2 rings (SSSR count). The van der Waals surface area contributed by atoms with E-state index in [0.717, 1.165) is 12.8 Å². The van der Waals surface area contributed by atoms with Gasteiger partial charge in [-0.25, -0.2) is 4.39 Å². The molecule has 0 fully saturated rings. The van der Waals surface area contributed by atoms with E-state index in [1.165, 1.54) is 30.7 Å². The molecule has 2 amide bonds. The molecule has 2 aromatic rings. The standard InChI is InChI=1S/C20H22ClFN2O2/c1-15(25)24(12-5-8-16-6-3-2-4-7-16)13-11-20(26)23-17-9-10-19(22)18(21)14-17/h2-4,6-7,9-10,14H,5,8,11-13H2,1H3,(H,23,26). The van der Waals surface area contributed by atoms with Crippen molar-refractivity contribution >= 4 is 29.1 Å². The molecule has 26 heavy (non-hydrogen) atoms. The van der Waals surface area contributed by atoms with Crippen LogP contribution in [0.1, 0.15) is 25.3 Å². The summed E-state index contributed by atoms with van der Waals surface area (Å²) in [5.41, 5.74) is 1.65. The number of halogens is 2. The molecule has 0 heterocycles. The minimum Gasteiger partial charge on any atom is -0.342 e. The molecule has 0 aliphatic carbocycles. The van der Waals surface area contributed by atoms with E-state index in [9.17, 15) is 14.0 Å². The van der Waals surface area contributed by atoms with Crippen molar-refractivity contribution in [2.45, 2.75) is 26.2 Å². The van der Waals surface area contributed by atoms with Crippen LogP contribution >= 0.6 is 11.6 Å². The van der Waals surface area contributed by atoms with E-state index < -0.39 is 5.82 Å². The second-order valence-corrected chi connectivity index (χ2v) is 6.43. The molecule has 0 radical (unpaired) electrons. The van der Waals surface area contributed by atoms with Crippen molar-refractivity contribution < 1.29 is 14.0 Å². The number of hydrogen-bond acceptors (Lipinski definition) is 2. The highest BCUT2D eigenvalue weighted by atomic mass is 35.5. The minimum atomic E-state index is -0.536. The zero-order chi connectivity index (χ0) is 18.9. The van der Waals surface area contributed by atoms with Crippen LogP contribution in [0.5, 0.6) is 0 Å². The topological polar surface area (TPSA) is 49.4 Å². The Bertz CT molecular complexity index is 753. The fourth-order valence-electron chi connectivity index (χ4n) is 2.58. The van der Waals surface area contributed by atoms with Gasteiger partial charge in [0.2, 0.25) is 11.8 Å². The predicted octanol–water partition coefficient (Wildman–Crippen LogP) is 4.29. The summed E-state index contributed by atoms with van der Waals surface area (Å²) in [5, 5.41) is 2.61. The second-order valence-electron chi connectivity index (χ2n) is 6.02. The fraction of sp³-hybridized carbons (Fsp3) is 0.300. The summed E-state index contributed by atoms with van der Waals surface area (Å²) >= 11 is 5.69. The smallest absolute Gasteiger partial charge is 0.226 e. The Labute approximate surface area is 158 Å². The van der Waals surface area contributed by atoms with Gasteiger partial charge in [0.15, 0.2) is 0 Å². The Hall–Kier alpha value is -2.40. The summed E-state index contributed by atoms with van der Waals surface area (Å²) in [4.78, 5) is 25.5. The van der Waals surface area contributed by atoms with Crippen LogP contribution in [0.4, 0.5) is 10.1 Å². The van der Waals surface area contributed by atoms with Gasteiger partial charge >= 0.3 is 0 Å². The molecule has 0 saturated heterocycles. The summed E-state index contributed by atoms with van der Waals surface area (Å²) in [6.07, 6.45) is 1.88. The molecule has 0 atom stereocenters. The molecule has 6 heteroatoms. The van der Waals surface area contributed by atoms with Gasteiger partial charge in [-0.15, -0.1) is 0 Å². The van der Waals surface area contributed by atoms with Crippen LogP contribution in [0.15, 0.2) is 48.5 Å². The summed E-state index contributed by atoms with van der Waals surface area (Å²) in [7, 11) is 0. The van der Waals surface area contributed by atoms with Crippen molar-refractivity contribution in [1.82, 2.24) is 4.90 Å². The first-order valence-electron chi connectivity index (χ1n) is 8.50. The molecule has 0 saturated carbocycles. The van der Waals surface area contributed by atoms with Gasteiger partial charge in [-0.1, -0.05) is 41.9 Å². The first-order valence-corrected chi connectivity index (χ1v) is 8.88. The summed E-state index contributed by atoms with van der Waals surface area (Å²) < 4.78 is 13.1. The average Bonchev–Trinajstić information content (AvgIpc) is 2.61. The van der Waals surface area contributed by atoms with E-state index >= 15 is 0 Å². The molecule has 0 aliphatic heterocycles. The second kappa shape index (κ2) is 9.92. The van der Waals surface area contributed by atoms with Crippen molar-refractivity contribution in [1.29, 1.82) is 0 Å². The lowest BCUT2D eigenvalue weighted by molar-refractivity contribution is -0.129. The molecule has 4 nitrogen and oxygen atoms in total. The number of rotatable bonds is 8. The van der Waals surface area contributed by atoms with E-state index in [4.69, 9.17) is 11.6 Å². The molecule has 0 aliphatic rings. The van der Waals surface area contributed by atoms with Crippen molar-refractivity contribution in [2.75, 3.05) is 18.4 Å². The van der Waals surface area contributed by atoms with Gasteiger partial charge in [0.05, 0.1) is 5.02 Å². The van der Waals surface area contributed by atoms with E-state index in [0.29, 0.717) is 18.8 Å². The van der Waals surface area contributed by atoms with E-state index in [1.54, 1.807) is 4.90 Å². The fourth-order valence-corrected chi connectivity index (χ4v) is 2.76. The van der Waals surface area contributed by atoms with Gasteiger partial charge in [-0.05, 0) is 36.6 Å². The summed E-state index contributed by atoms with van der Waals surface area (Å²) in [5.74, 6) is -0.844. The third kappa shape index (κ3) is 6.48. The van der Waals surface area contributed by atoms with Crippen LogP contribution in [0, 0.1) is 5.82 Å². The molecule has 0 spiro atoms. The third-order valence-corrected chi connectivity index (χ3v) is 4.28. The molecule has 2 aromatic carbocycles. The Morgan fingerprint density at radius 1 is 1.12 bits per heavy atom. The number of aryl methyl sites for hydroxylation is 1. The highest BCUT2D eigenvalue weighted by Crippen LogP contribution is 2.19.